The fourth-order valence-electron chi connectivity index (χ4n) is 1.44. The SMILES string of the molecule is CC(=O)c1ncccc1-[n+]1ccccc1.N. The number of ketones is 1. The van der Waals surface area contributed by atoms with Crippen molar-refractivity contribution in [1.82, 2.24) is 11.1 Å². The summed E-state index contributed by atoms with van der Waals surface area (Å²) in [7, 11) is 0. The van der Waals surface area contributed by atoms with E-state index >= 15 is 0 Å². The first-order valence-electron chi connectivity index (χ1n) is 4.71. The standard InChI is InChI=1S/C12H11N2O.H3N/c1-10(15)12-11(6-5-7-13-12)14-8-3-2-4-9-14;/h2-9H,1H3;1H3/q+1;. The predicted molar refractivity (Wildman–Crippen MR) is 60.8 cm³/mol. The van der Waals surface area contributed by atoms with Gasteiger partial charge in [-0.2, -0.15) is 4.57 Å². The summed E-state index contributed by atoms with van der Waals surface area (Å²) in [6.07, 6.45) is 5.41. The second-order valence-corrected chi connectivity index (χ2v) is 3.21. The van der Waals surface area contributed by atoms with Crippen LogP contribution in [0.3, 0.4) is 0 Å². The van der Waals surface area contributed by atoms with E-state index in [-0.39, 0.29) is 11.9 Å². The van der Waals surface area contributed by atoms with Crippen LogP contribution in [0.2, 0.25) is 0 Å². The fraction of sp³-hybridized carbons (Fsp3) is 0.0833. The van der Waals surface area contributed by atoms with Gasteiger partial charge in [-0.25, -0.2) is 4.98 Å². The number of Topliss-reactive ketones (excluding diaryl/α,β-unsaturated/α-hetero) is 1. The Balaban J connectivity index is 0.00000128. The molecule has 4 nitrogen and oxygen atoms in total. The average Bonchev–Trinajstić information content (AvgIpc) is 2.30. The van der Waals surface area contributed by atoms with Crippen LogP contribution in [0, 0.1) is 0 Å². The molecule has 0 saturated carbocycles. The number of aromatic nitrogens is 2. The molecule has 2 rings (SSSR count). The van der Waals surface area contributed by atoms with Crippen molar-refractivity contribution in [2.75, 3.05) is 0 Å². The minimum atomic E-state index is -0.0260. The van der Waals surface area contributed by atoms with Gasteiger partial charge >= 0.3 is 0 Å². The number of nitrogens with zero attached hydrogens (tertiary/aromatic N) is 2. The first-order chi connectivity index (χ1) is 7.29. The van der Waals surface area contributed by atoms with E-state index in [4.69, 9.17) is 0 Å². The lowest BCUT2D eigenvalue weighted by Crippen LogP contribution is -2.31. The Morgan fingerprint density at radius 1 is 1.19 bits per heavy atom. The molecule has 0 fully saturated rings. The van der Waals surface area contributed by atoms with E-state index in [1.54, 1.807) is 6.20 Å². The highest BCUT2D eigenvalue weighted by molar-refractivity contribution is 5.94. The fourth-order valence-corrected chi connectivity index (χ4v) is 1.44. The highest BCUT2D eigenvalue weighted by Gasteiger charge is 2.15. The van der Waals surface area contributed by atoms with Gasteiger partial charge in [0.25, 0.3) is 0 Å². The minimum Gasteiger partial charge on any atom is -0.344 e. The number of pyridine rings is 2. The molecule has 2 aromatic rings. The summed E-state index contributed by atoms with van der Waals surface area (Å²) < 4.78 is 1.88. The van der Waals surface area contributed by atoms with Crippen LogP contribution in [-0.4, -0.2) is 10.8 Å². The Morgan fingerprint density at radius 2 is 1.88 bits per heavy atom. The first-order valence-corrected chi connectivity index (χ1v) is 4.71. The van der Waals surface area contributed by atoms with Gasteiger partial charge < -0.3 is 6.15 Å². The lowest BCUT2D eigenvalue weighted by atomic mass is 10.2. The lowest BCUT2D eigenvalue weighted by Gasteiger charge is -1.98. The smallest absolute Gasteiger partial charge is 0.240 e. The Bertz CT molecular complexity index is 483. The maximum absolute atomic E-state index is 11.4. The maximum atomic E-state index is 11.4. The van der Waals surface area contributed by atoms with Crippen molar-refractivity contribution in [2.24, 2.45) is 0 Å². The van der Waals surface area contributed by atoms with Gasteiger partial charge in [0.2, 0.25) is 5.69 Å². The van der Waals surface area contributed by atoms with E-state index in [1.165, 1.54) is 6.92 Å². The average molecular weight is 216 g/mol. The van der Waals surface area contributed by atoms with Gasteiger partial charge in [0.05, 0.1) is 0 Å². The molecule has 0 spiro atoms. The number of hydrogen-bond acceptors (Lipinski definition) is 3. The summed E-state index contributed by atoms with van der Waals surface area (Å²) in [6.45, 7) is 1.52. The second-order valence-electron chi connectivity index (χ2n) is 3.21. The van der Waals surface area contributed by atoms with Gasteiger partial charge in [0.1, 0.15) is 0 Å². The van der Waals surface area contributed by atoms with Crippen molar-refractivity contribution >= 4 is 5.78 Å². The molecule has 0 amide bonds. The molecule has 0 atom stereocenters. The molecule has 0 bridgehead atoms. The van der Waals surface area contributed by atoms with Crippen LogP contribution in [0.25, 0.3) is 5.69 Å². The monoisotopic (exact) mass is 216 g/mol. The van der Waals surface area contributed by atoms with Gasteiger partial charge in [0, 0.05) is 31.3 Å². The Hall–Kier alpha value is -2.07. The summed E-state index contributed by atoms with van der Waals surface area (Å²) in [5, 5.41) is 0. The van der Waals surface area contributed by atoms with Crippen molar-refractivity contribution in [3.05, 3.63) is 54.6 Å². The maximum Gasteiger partial charge on any atom is 0.240 e. The molecule has 0 aromatic carbocycles. The highest BCUT2D eigenvalue weighted by Crippen LogP contribution is 2.05. The van der Waals surface area contributed by atoms with Gasteiger partial charge in [-0.1, -0.05) is 6.07 Å². The van der Waals surface area contributed by atoms with Crippen molar-refractivity contribution in [2.45, 2.75) is 6.92 Å². The molecular formula is C12H14N3O+. The summed E-state index contributed by atoms with van der Waals surface area (Å²) >= 11 is 0. The van der Waals surface area contributed by atoms with Gasteiger partial charge in [-0.3, -0.25) is 4.79 Å². The van der Waals surface area contributed by atoms with Crippen LogP contribution in [0.15, 0.2) is 48.9 Å². The first kappa shape index (κ1) is 12.0. The molecule has 16 heavy (non-hydrogen) atoms. The van der Waals surface area contributed by atoms with Crippen molar-refractivity contribution in [3.63, 3.8) is 0 Å². The van der Waals surface area contributed by atoms with E-state index in [9.17, 15) is 4.79 Å². The van der Waals surface area contributed by atoms with E-state index < -0.39 is 0 Å². The summed E-state index contributed by atoms with van der Waals surface area (Å²) in [6, 6.07) is 9.46. The molecule has 3 N–H and O–H groups in total. The molecule has 0 radical (unpaired) electrons. The van der Waals surface area contributed by atoms with Crippen molar-refractivity contribution < 1.29 is 9.36 Å². The lowest BCUT2D eigenvalue weighted by molar-refractivity contribution is -0.596. The van der Waals surface area contributed by atoms with E-state index in [1.807, 2.05) is 47.3 Å². The summed E-state index contributed by atoms with van der Waals surface area (Å²) in [4.78, 5) is 15.4. The van der Waals surface area contributed by atoms with Crippen LogP contribution in [-0.2, 0) is 0 Å². The molecule has 2 aromatic heterocycles. The van der Waals surface area contributed by atoms with Crippen molar-refractivity contribution in [1.29, 1.82) is 0 Å². The zero-order valence-electron chi connectivity index (χ0n) is 9.13. The molecule has 4 heteroatoms. The third kappa shape index (κ3) is 2.29. The van der Waals surface area contributed by atoms with E-state index in [0.717, 1.165) is 5.69 Å². The van der Waals surface area contributed by atoms with E-state index in [2.05, 4.69) is 4.98 Å². The quantitative estimate of drug-likeness (QED) is 0.614. The predicted octanol–water partition coefficient (Wildman–Crippen LogP) is 1.72. The van der Waals surface area contributed by atoms with Crippen LogP contribution in [0.4, 0.5) is 0 Å². The Morgan fingerprint density at radius 3 is 2.50 bits per heavy atom. The molecular weight excluding hydrogens is 202 g/mol. The molecule has 0 aliphatic heterocycles. The topological polar surface area (TPSA) is 68.8 Å². The summed E-state index contributed by atoms with van der Waals surface area (Å²) in [5.41, 5.74) is 1.30. The number of carbonyl (C=O) groups excluding carboxylic acids is 1. The van der Waals surface area contributed by atoms with Crippen LogP contribution >= 0.6 is 0 Å². The number of carbonyl (C=O) groups is 1. The summed E-state index contributed by atoms with van der Waals surface area (Å²) in [5.74, 6) is -0.0260. The molecule has 0 unspecified atom stereocenters. The van der Waals surface area contributed by atoms with Crippen LogP contribution in [0.1, 0.15) is 17.4 Å². The molecule has 0 aliphatic rings. The molecule has 82 valence electrons. The second kappa shape index (κ2) is 5.14. The highest BCUT2D eigenvalue weighted by atomic mass is 16.1. The zero-order valence-corrected chi connectivity index (χ0v) is 9.13. The molecule has 2 heterocycles. The number of hydrogen-bond donors (Lipinski definition) is 1. The molecule has 0 saturated heterocycles. The largest absolute Gasteiger partial charge is 0.344 e. The minimum absolute atomic E-state index is 0. The Labute approximate surface area is 94.2 Å². The third-order valence-electron chi connectivity index (χ3n) is 2.11. The zero-order chi connectivity index (χ0) is 10.7. The van der Waals surface area contributed by atoms with Crippen LogP contribution < -0.4 is 10.7 Å². The van der Waals surface area contributed by atoms with Gasteiger partial charge in [-0.15, -0.1) is 0 Å². The van der Waals surface area contributed by atoms with Gasteiger partial charge in [0.15, 0.2) is 23.9 Å². The molecule has 0 aliphatic carbocycles. The van der Waals surface area contributed by atoms with Gasteiger partial charge in [-0.05, 0) is 6.07 Å². The Kier molecular flexibility index (Phi) is 3.85. The normalized spacial score (nSPS) is 9.31. The third-order valence-corrected chi connectivity index (χ3v) is 2.11. The van der Waals surface area contributed by atoms with E-state index in [0.29, 0.717) is 5.69 Å². The van der Waals surface area contributed by atoms with Crippen LogP contribution in [0.5, 0.6) is 0 Å². The number of rotatable bonds is 2. The van der Waals surface area contributed by atoms with Crippen molar-refractivity contribution in [3.8, 4) is 5.69 Å².